The molecule has 15 heavy (non-hydrogen) atoms. The van der Waals surface area contributed by atoms with Gasteiger partial charge in [0, 0.05) is 13.1 Å². The Bertz CT molecular complexity index is 240. The zero-order valence-electron chi connectivity index (χ0n) is 9.24. The average Bonchev–Trinajstić information content (AvgIpc) is 2.92. The van der Waals surface area contributed by atoms with E-state index < -0.39 is 0 Å². The summed E-state index contributed by atoms with van der Waals surface area (Å²) >= 11 is 0. The third-order valence-electron chi connectivity index (χ3n) is 3.78. The van der Waals surface area contributed by atoms with Crippen LogP contribution in [-0.4, -0.2) is 36.5 Å². The number of hydrogen-bond acceptors (Lipinski definition) is 2. The van der Waals surface area contributed by atoms with Crippen LogP contribution in [0.5, 0.6) is 0 Å². The smallest absolute Gasteiger partial charge is 0.239 e. The van der Waals surface area contributed by atoms with Crippen LogP contribution in [0, 0.1) is 11.8 Å². The second-order valence-electron chi connectivity index (χ2n) is 5.43. The molecule has 3 rings (SSSR count). The van der Waals surface area contributed by atoms with Crippen molar-refractivity contribution in [3.63, 3.8) is 0 Å². The first-order valence-corrected chi connectivity index (χ1v) is 6.35. The van der Waals surface area contributed by atoms with Crippen LogP contribution in [0.25, 0.3) is 0 Å². The minimum Gasteiger partial charge on any atom is -0.341 e. The van der Waals surface area contributed by atoms with Gasteiger partial charge in [0.25, 0.3) is 0 Å². The normalized spacial score (nSPS) is 29.7. The lowest BCUT2D eigenvalue weighted by Crippen LogP contribution is -2.55. The van der Waals surface area contributed by atoms with Crippen molar-refractivity contribution in [2.24, 2.45) is 11.8 Å². The molecule has 1 aliphatic heterocycles. The minimum atomic E-state index is 0.155. The first-order chi connectivity index (χ1) is 7.33. The van der Waals surface area contributed by atoms with E-state index in [9.17, 15) is 4.79 Å². The van der Waals surface area contributed by atoms with Crippen LogP contribution < -0.4 is 5.32 Å². The summed E-state index contributed by atoms with van der Waals surface area (Å²) in [5, 5.41) is 3.22. The molecule has 1 atom stereocenters. The van der Waals surface area contributed by atoms with Crippen molar-refractivity contribution in [1.29, 1.82) is 0 Å². The number of amides is 1. The van der Waals surface area contributed by atoms with E-state index in [1.54, 1.807) is 0 Å². The Morgan fingerprint density at radius 1 is 1.07 bits per heavy atom. The minimum absolute atomic E-state index is 0.155. The van der Waals surface area contributed by atoms with E-state index in [2.05, 4.69) is 10.2 Å². The summed E-state index contributed by atoms with van der Waals surface area (Å²) in [6.07, 6.45) is 6.41. The second-order valence-corrected chi connectivity index (χ2v) is 5.43. The molecule has 0 unspecified atom stereocenters. The highest BCUT2D eigenvalue weighted by molar-refractivity contribution is 5.82. The van der Waals surface area contributed by atoms with Gasteiger partial charge in [0.05, 0.1) is 6.04 Å². The lowest BCUT2D eigenvalue weighted by atomic mass is 10.1. The SMILES string of the molecule is O=C([C@H]1CCN1)N(CC1CC1)CC1CC1. The third-order valence-corrected chi connectivity index (χ3v) is 3.78. The summed E-state index contributed by atoms with van der Waals surface area (Å²) in [5.74, 6) is 2.03. The molecular formula is C12H20N2O. The Morgan fingerprint density at radius 3 is 1.93 bits per heavy atom. The van der Waals surface area contributed by atoms with Crippen LogP contribution in [0.15, 0.2) is 0 Å². The lowest BCUT2D eigenvalue weighted by Gasteiger charge is -2.33. The van der Waals surface area contributed by atoms with Gasteiger partial charge in [-0.3, -0.25) is 4.79 Å². The molecule has 3 nitrogen and oxygen atoms in total. The zero-order valence-corrected chi connectivity index (χ0v) is 9.24. The van der Waals surface area contributed by atoms with Gasteiger partial charge in [-0.15, -0.1) is 0 Å². The van der Waals surface area contributed by atoms with E-state index in [1.807, 2.05) is 0 Å². The quantitative estimate of drug-likeness (QED) is 0.731. The summed E-state index contributed by atoms with van der Waals surface area (Å²) in [5.41, 5.74) is 0. The molecule has 1 heterocycles. The summed E-state index contributed by atoms with van der Waals surface area (Å²) < 4.78 is 0. The maximum absolute atomic E-state index is 12.1. The van der Waals surface area contributed by atoms with Gasteiger partial charge in [0.1, 0.15) is 0 Å². The van der Waals surface area contributed by atoms with Crippen molar-refractivity contribution in [2.45, 2.75) is 38.1 Å². The number of rotatable bonds is 5. The predicted molar refractivity (Wildman–Crippen MR) is 58.4 cm³/mol. The molecule has 3 aliphatic rings. The van der Waals surface area contributed by atoms with Gasteiger partial charge in [-0.1, -0.05) is 0 Å². The summed E-state index contributed by atoms with van der Waals surface area (Å²) in [6.45, 7) is 3.10. The highest BCUT2D eigenvalue weighted by Crippen LogP contribution is 2.34. The van der Waals surface area contributed by atoms with Gasteiger partial charge in [-0.05, 0) is 50.5 Å². The van der Waals surface area contributed by atoms with Crippen LogP contribution in [-0.2, 0) is 4.79 Å². The molecule has 0 spiro atoms. The van der Waals surface area contributed by atoms with Crippen LogP contribution in [0.4, 0.5) is 0 Å². The van der Waals surface area contributed by atoms with Crippen molar-refractivity contribution in [2.75, 3.05) is 19.6 Å². The molecule has 2 aliphatic carbocycles. The van der Waals surface area contributed by atoms with Crippen molar-refractivity contribution >= 4 is 5.91 Å². The molecule has 84 valence electrons. The summed E-state index contributed by atoms with van der Waals surface area (Å²) in [4.78, 5) is 14.3. The average molecular weight is 208 g/mol. The molecule has 0 aromatic heterocycles. The van der Waals surface area contributed by atoms with Gasteiger partial charge < -0.3 is 10.2 Å². The number of nitrogens with zero attached hydrogens (tertiary/aromatic N) is 1. The Morgan fingerprint density at radius 2 is 1.60 bits per heavy atom. The Balaban J connectivity index is 1.55. The van der Waals surface area contributed by atoms with E-state index in [-0.39, 0.29) is 6.04 Å². The summed E-state index contributed by atoms with van der Waals surface area (Å²) in [6, 6.07) is 0.155. The Hall–Kier alpha value is -0.570. The van der Waals surface area contributed by atoms with Crippen LogP contribution in [0.3, 0.4) is 0 Å². The molecule has 2 saturated carbocycles. The second kappa shape index (κ2) is 3.78. The van der Waals surface area contributed by atoms with E-state index in [4.69, 9.17) is 0 Å². The fourth-order valence-corrected chi connectivity index (χ4v) is 2.20. The molecule has 0 bridgehead atoms. The maximum atomic E-state index is 12.1. The van der Waals surface area contributed by atoms with Crippen molar-refractivity contribution in [1.82, 2.24) is 10.2 Å². The lowest BCUT2D eigenvalue weighted by molar-refractivity contribution is -0.135. The van der Waals surface area contributed by atoms with E-state index in [1.165, 1.54) is 25.7 Å². The van der Waals surface area contributed by atoms with Gasteiger partial charge in [-0.2, -0.15) is 0 Å². The maximum Gasteiger partial charge on any atom is 0.239 e. The number of carbonyl (C=O) groups excluding carboxylic acids is 1. The molecule has 1 saturated heterocycles. The first kappa shape index (κ1) is 9.64. The third kappa shape index (κ3) is 2.33. The van der Waals surface area contributed by atoms with Crippen molar-refractivity contribution in [3.05, 3.63) is 0 Å². The molecule has 3 fully saturated rings. The first-order valence-electron chi connectivity index (χ1n) is 6.35. The molecule has 0 aromatic carbocycles. The van der Waals surface area contributed by atoms with E-state index in [0.717, 1.165) is 37.9 Å². The standard InChI is InChI=1S/C12H20N2O/c15-12(11-5-6-13-11)14(7-9-1-2-9)8-10-3-4-10/h9-11,13H,1-8H2/t11-/m1/s1. The van der Waals surface area contributed by atoms with E-state index in [0.29, 0.717) is 5.91 Å². The fraction of sp³-hybridized carbons (Fsp3) is 0.917. The van der Waals surface area contributed by atoms with Crippen molar-refractivity contribution < 1.29 is 4.79 Å². The highest BCUT2D eigenvalue weighted by Gasteiger charge is 2.35. The largest absolute Gasteiger partial charge is 0.341 e. The van der Waals surface area contributed by atoms with Gasteiger partial charge in [0.15, 0.2) is 0 Å². The molecular weight excluding hydrogens is 188 g/mol. The topological polar surface area (TPSA) is 32.3 Å². The number of nitrogens with one attached hydrogen (secondary N) is 1. The Kier molecular flexibility index (Phi) is 2.43. The molecule has 1 N–H and O–H groups in total. The fourth-order valence-electron chi connectivity index (χ4n) is 2.20. The summed E-state index contributed by atoms with van der Waals surface area (Å²) in [7, 11) is 0. The number of hydrogen-bond donors (Lipinski definition) is 1. The number of carbonyl (C=O) groups is 1. The van der Waals surface area contributed by atoms with Crippen LogP contribution in [0.2, 0.25) is 0 Å². The van der Waals surface area contributed by atoms with Crippen LogP contribution in [0.1, 0.15) is 32.1 Å². The van der Waals surface area contributed by atoms with Crippen molar-refractivity contribution in [3.8, 4) is 0 Å². The Labute approximate surface area is 91.2 Å². The monoisotopic (exact) mass is 208 g/mol. The molecule has 0 aromatic rings. The van der Waals surface area contributed by atoms with E-state index >= 15 is 0 Å². The molecule has 3 heteroatoms. The molecule has 1 amide bonds. The van der Waals surface area contributed by atoms with Gasteiger partial charge in [0.2, 0.25) is 5.91 Å². The molecule has 0 radical (unpaired) electrons. The highest BCUT2D eigenvalue weighted by atomic mass is 16.2. The van der Waals surface area contributed by atoms with Gasteiger partial charge >= 0.3 is 0 Å². The zero-order chi connectivity index (χ0) is 10.3. The van der Waals surface area contributed by atoms with Crippen LogP contribution >= 0.6 is 0 Å². The predicted octanol–water partition coefficient (Wildman–Crippen LogP) is 0.997. The van der Waals surface area contributed by atoms with Gasteiger partial charge in [-0.25, -0.2) is 0 Å².